The van der Waals surface area contributed by atoms with Gasteiger partial charge in [0, 0.05) is 26.0 Å². The first-order valence-electron chi connectivity index (χ1n) is 5.33. The first-order valence-corrected chi connectivity index (χ1v) is 5.71. The molecule has 0 amide bonds. The Balaban J connectivity index is 1.93. The third kappa shape index (κ3) is 3.39. The monoisotopic (exact) mass is 248 g/mol. The van der Waals surface area contributed by atoms with Crippen molar-refractivity contribution in [2.24, 2.45) is 0 Å². The predicted octanol–water partition coefficient (Wildman–Crippen LogP) is 2.20. The second-order valence-electron chi connectivity index (χ2n) is 3.73. The minimum atomic E-state index is 0.552. The van der Waals surface area contributed by atoms with E-state index in [1.54, 1.807) is 24.8 Å². The maximum Gasteiger partial charge on any atom is 0.225 e. The van der Waals surface area contributed by atoms with Gasteiger partial charge in [-0.2, -0.15) is 0 Å². The van der Waals surface area contributed by atoms with Gasteiger partial charge in [-0.25, -0.2) is 9.97 Å². The Morgan fingerprint density at radius 1 is 1.18 bits per heavy atom. The summed E-state index contributed by atoms with van der Waals surface area (Å²) in [4.78, 5) is 14.3. The Kier molecular flexibility index (Phi) is 3.88. The van der Waals surface area contributed by atoms with Gasteiger partial charge in [-0.3, -0.25) is 4.98 Å². The van der Waals surface area contributed by atoms with Gasteiger partial charge in [0.05, 0.1) is 17.4 Å². The SMILES string of the molecule is CN(CCc1ccncc1)c1ncc(Cl)cn1. The number of nitrogens with zero attached hydrogens (tertiary/aromatic N) is 4. The lowest BCUT2D eigenvalue weighted by atomic mass is 10.2. The van der Waals surface area contributed by atoms with Crippen molar-refractivity contribution in [1.82, 2.24) is 15.0 Å². The van der Waals surface area contributed by atoms with Crippen molar-refractivity contribution in [2.75, 3.05) is 18.5 Å². The van der Waals surface area contributed by atoms with Crippen molar-refractivity contribution in [3.05, 3.63) is 47.5 Å². The number of halogens is 1. The van der Waals surface area contributed by atoms with Crippen LogP contribution in [0.2, 0.25) is 5.02 Å². The molecule has 5 heteroatoms. The van der Waals surface area contributed by atoms with Crippen LogP contribution in [0.3, 0.4) is 0 Å². The molecule has 0 fully saturated rings. The van der Waals surface area contributed by atoms with Crippen LogP contribution >= 0.6 is 11.6 Å². The van der Waals surface area contributed by atoms with Crippen LogP contribution in [0.5, 0.6) is 0 Å². The molecular formula is C12H13ClN4. The fraction of sp³-hybridized carbons (Fsp3) is 0.250. The van der Waals surface area contributed by atoms with Gasteiger partial charge >= 0.3 is 0 Å². The van der Waals surface area contributed by atoms with Crippen molar-refractivity contribution in [3.8, 4) is 0 Å². The molecule has 17 heavy (non-hydrogen) atoms. The second kappa shape index (κ2) is 5.59. The Labute approximate surface area is 105 Å². The lowest BCUT2D eigenvalue weighted by Crippen LogP contribution is -2.22. The Morgan fingerprint density at radius 3 is 2.47 bits per heavy atom. The van der Waals surface area contributed by atoms with Gasteiger partial charge in [0.25, 0.3) is 0 Å². The summed E-state index contributed by atoms with van der Waals surface area (Å²) in [6.45, 7) is 0.853. The van der Waals surface area contributed by atoms with Crippen LogP contribution in [-0.4, -0.2) is 28.5 Å². The highest BCUT2D eigenvalue weighted by molar-refractivity contribution is 6.30. The minimum absolute atomic E-state index is 0.552. The zero-order chi connectivity index (χ0) is 12.1. The van der Waals surface area contributed by atoms with Gasteiger partial charge in [0.2, 0.25) is 5.95 Å². The molecule has 0 saturated carbocycles. The van der Waals surface area contributed by atoms with Crippen LogP contribution in [0.25, 0.3) is 0 Å². The van der Waals surface area contributed by atoms with Gasteiger partial charge in [0.1, 0.15) is 0 Å². The molecule has 0 N–H and O–H groups in total. The van der Waals surface area contributed by atoms with E-state index in [-0.39, 0.29) is 0 Å². The number of hydrogen-bond acceptors (Lipinski definition) is 4. The highest BCUT2D eigenvalue weighted by Crippen LogP contribution is 2.09. The summed E-state index contributed by atoms with van der Waals surface area (Å²) < 4.78 is 0. The molecule has 0 aliphatic rings. The van der Waals surface area contributed by atoms with E-state index in [1.807, 2.05) is 24.1 Å². The van der Waals surface area contributed by atoms with E-state index >= 15 is 0 Å². The summed E-state index contributed by atoms with van der Waals surface area (Å²) in [5.41, 5.74) is 1.25. The first kappa shape index (κ1) is 11.8. The second-order valence-corrected chi connectivity index (χ2v) is 4.16. The molecule has 0 unspecified atom stereocenters. The normalized spacial score (nSPS) is 10.2. The van der Waals surface area contributed by atoms with Crippen LogP contribution < -0.4 is 4.90 Å². The number of aromatic nitrogens is 3. The van der Waals surface area contributed by atoms with Crippen LogP contribution in [-0.2, 0) is 6.42 Å². The molecule has 2 aromatic rings. The zero-order valence-electron chi connectivity index (χ0n) is 9.55. The lowest BCUT2D eigenvalue weighted by molar-refractivity contribution is 0.836. The van der Waals surface area contributed by atoms with E-state index < -0.39 is 0 Å². The third-order valence-electron chi connectivity index (χ3n) is 2.43. The van der Waals surface area contributed by atoms with Crippen molar-refractivity contribution in [1.29, 1.82) is 0 Å². The van der Waals surface area contributed by atoms with Crippen molar-refractivity contribution >= 4 is 17.5 Å². The van der Waals surface area contributed by atoms with E-state index in [2.05, 4.69) is 15.0 Å². The molecule has 2 rings (SSSR count). The number of pyridine rings is 1. The van der Waals surface area contributed by atoms with Gasteiger partial charge in [0.15, 0.2) is 0 Å². The van der Waals surface area contributed by atoms with Crippen LogP contribution in [0.1, 0.15) is 5.56 Å². The largest absolute Gasteiger partial charge is 0.344 e. The standard InChI is InChI=1S/C12H13ClN4/c1-17(12-15-8-11(13)9-16-12)7-4-10-2-5-14-6-3-10/h2-3,5-6,8-9H,4,7H2,1H3. The maximum atomic E-state index is 5.74. The average molecular weight is 249 g/mol. The minimum Gasteiger partial charge on any atom is -0.344 e. The number of likely N-dealkylation sites (N-methyl/N-ethyl adjacent to an activating group) is 1. The summed E-state index contributed by atoms with van der Waals surface area (Å²) in [5, 5.41) is 0.552. The molecule has 0 aromatic carbocycles. The Bertz CT molecular complexity index is 458. The highest BCUT2D eigenvalue weighted by atomic mass is 35.5. The lowest BCUT2D eigenvalue weighted by Gasteiger charge is -2.16. The molecule has 0 bridgehead atoms. The number of rotatable bonds is 4. The molecule has 2 aromatic heterocycles. The summed E-state index contributed by atoms with van der Waals surface area (Å²) in [5.74, 6) is 0.684. The van der Waals surface area contributed by atoms with Crippen molar-refractivity contribution in [3.63, 3.8) is 0 Å². The topological polar surface area (TPSA) is 41.9 Å². The molecule has 0 saturated heterocycles. The zero-order valence-corrected chi connectivity index (χ0v) is 10.3. The molecule has 0 aliphatic heterocycles. The molecule has 0 radical (unpaired) electrons. The van der Waals surface area contributed by atoms with Crippen LogP contribution in [0.4, 0.5) is 5.95 Å². The Hall–Kier alpha value is -1.68. The van der Waals surface area contributed by atoms with Crippen LogP contribution in [0.15, 0.2) is 36.9 Å². The van der Waals surface area contributed by atoms with Crippen molar-refractivity contribution < 1.29 is 0 Å². The summed E-state index contributed by atoms with van der Waals surface area (Å²) >= 11 is 5.74. The highest BCUT2D eigenvalue weighted by Gasteiger charge is 2.03. The molecule has 4 nitrogen and oxygen atoms in total. The van der Waals surface area contributed by atoms with Gasteiger partial charge in [-0.1, -0.05) is 11.6 Å². The molecule has 0 aliphatic carbocycles. The van der Waals surface area contributed by atoms with E-state index in [0.717, 1.165) is 13.0 Å². The number of hydrogen-bond donors (Lipinski definition) is 0. The maximum absolute atomic E-state index is 5.74. The molecule has 88 valence electrons. The van der Waals surface area contributed by atoms with E-state index in [0.29, 0.717) is 11.0 Å². The quantitative estimate of drug-likeness (QED) is 0.832. The van der Waals surface area contributed by atoms with Gasteiger partial charge in [-0.05, 0) is 24.1 Å². The Morgan fingerprint density at radius 2 is 1.82 bits per heavy atom. The number of anilines is 1. The summed E-state index contributed by atoms with van der Waals surface area (Å²) in [6.07, 6.45) is 7.74. The smallest absolute Gasteiger partial charge is 0.225 e. The molecule has 2 heterocycles. The summed E-state index contributed by atoms with van der Waals surface area (Å²) in [6, 6.07) is 4.02. The fourth-order valence-electron chi connectivity index (χ4n) is 1.45. The molecular weight excluding hydrogens is 236 g/mol. The predicted molar refractivity (Wildman–Crippen MR) is 68.3 cm³/mol. The van der Waals surface area contributed by atoms with Gasteiger partial charge < -0.3 is 4.90 Å². The molecule has 0 spiro atoms. The van der Waals surface area contributed by atoms with E-state index in [4.69, 9.17) is 11.6 Å². The van der Waals surface area contributed by atoms with Gasteiger partial charge in [-0.15, -0.1) is 0 Å². The van der Waals surface area contributed by atoms with Crippen LogP contribution in [0, 0.1) is 0 Å². The van der Waals surface area contributed by atoms with E-state index in [9.17, 15) is 0 Å². The average Bonchev–Trinajstić information content (AvgIpc) is 2.38. The fourth-order valence-corrected chi connectivity index (χ4v) is 1.55. The summed E-state index contributed by atoms with van der Waals surface area (Å²) in [7, 11) is 1.96. The van der Waals surface area contributed by atoms with E-state index in [1.165, 1.54) is 5.56 Å². The third-order valence-corrected chi connectivity index (χ3v) is 2.63. The molecule has 0 atom stereocenters. The first-order chi connectivity index (χ1) is 8.25. The van der Waals surface area contributed by atoms with Crippen molar-refractivity contribution in [2.45, 2.75) is 6.42 Å².